The highest BCUT2D eigenvalue weighted by atomic mass is 35.5. The van der Waals surface area contributed by atoms with E-state index in [4.69, 9.17) is 11.6 Å². The lowest BCUT2D eigenvalue weighted by atomic mass is 9.97. The molecule has 1 aromatic rings. The minimum atomic E-state index is -4.50. The zero-order chi connectivity index (χ0) is 18.3. The number of benzene rings is 1. The van der Waals surface area contributed by atoms with Crippen LogP contribution in [0.25, 0.3) is 0 Å². The summed E-state index contributed by atoms with van der Waals surface area (Å²) in [5.74, 6) is 0.00658. The molecule has 0 fully saturated rings. The monoisotopic (exact) mass is 363 g/mol. The summed E-state index contributed by atoms with van der Waals surface area (Å²) >= 11 is 5.92. The Bertz CT molecular complexity index is 546. The summed E-state index contributed by atoms with van der Waals surface area (Å²) in [7, 11) is 0. The maximum absolute atomic E-state index is 12.8. The lowest BCUT2D eigenvalue weighted by Crippen LogP contribution is -2.35. The third-order valence-electron chi connectivity index (χ3n) is 4.22. The van der Waals surface area contributed by atoms with E-state index in [1.807, 2.05) is 6.92 Å². The Hall–Kier alpha value is -1.23. The van der Waals surface area contributed by atoms with E-state index in [0.717, 1.165) is 50.3 Å². The second-order valence-corrected chi connectivity index (χ2v) is 6.65. The largest absolute Gasteiger partial charge is 0.416 e. The molecule has 2 atom stereocenters. The van der Waals surface area contributed by atoms with Crippen molar-refractivity contribution < 1.29 is 18.0 Å². The van der Waals surface area contributed by atoms with Crippen molar-refractivity contribution in [1.82, 2.24) is 5.32 Å². The van der Waals surface area contributed by atoms with Crippen molar-refractivity contribution in [1.29, 1.82) is 0 Å². The van der Waals surface area contributed by atoms with Crippen molar-refractivity contribution >= 4 is 17.5 Å². The number of carbonyl (C=O) groups is 1. The molecule has 1 aromatic carbocycles. The highest BCUT2D eigenvalue weighted by Crippen LogP contribution is 2.31. The van der Waals surface area contributed by atoms with Crippen LogP contribution in [0.3, 0.4) is 0 Å². The lowest BCUT2D eigenvalue weighted by molar-refractivity contribution is -0.137. The van der Waals surface area contributed by atoms with Gasteiger partial charge in [-0.15, -0.1) is 0 Å². The molecule has 136 valence electrons. The Kier molecular flexibility index (Phi) is 8.07. The van der Waals surface area contributed by atoms with Crippen LogP contribution in [-0.2, 0) is 6.18 Å². The third kappa shape index (κ3) is 6.34. The van der Waals surface area contributed by atoms with Gasteiger partial charge in [0, 0.05) is 6.04 Å². The van der Waals surface area contributed by atoms with Gasteiger partial charge in [0.15, 0.2) is 0 Å². The van der Waals surface area contributed by atoms with Crippen molar-refractivity contribution in [2.75, 3.05) is 0 Å². The van der Waals surface area contributed by atoms with Gasteiger partial charge in [-0.2, -0.15) is 13.2 Å². The molecule has 0 saturated heterocycles. The number of amides is 1. The Morgan fingerprint density at radius 3 is 2.42 bits per heavy atom. The SMILES string of the molecule is CCC[C@H](CCC(C)CC)NC(=O)c1cc(C(F)(F)F)ccc1Cl. The van der Waals surface area contributed by atoms with Crippen LogP contribution in [0.2, 0.25) is 5.02 Å². The van der Waals surface area contributed by atoms with Gasteiger partial charge in [-0.1, -0.05) is 45.2 Å². The van der Waals surface area contributed by atoms with E-state index in [9.17, 15) is 18.0 Å². The molecule has 1 N–H and O–H groups in total. The van der Waals surface area contributed by atoms with Crippen molar-refractivity contribution in [3.8, 4) is 0 Å². The molecular weight excluding hydrogens is 339 g/mol. The van der Waals surface area contributed by atoms with Crippen LogP contribution in [0.1, 0.15) is 68.8 Å². The van der Waals surface area contributed by atoms with Crippen LogP contribution in [0.5, 0.6) is 0 Å². The van der Waals surface area contributed by atoms with Gasteiger partial charge in [-0.05, 0) is 43.4 Å². The van der Waals surface area contributed by atoms with Crippen molar-refractivity contribution in [2.24, 2.45) is 5.92 Å². The van der Waals surface area contributed by atoms with Gasteiger partial charge < -0.3 is 5.32 Å². The summed E-state index contributed by atoms with van der Waals surface area (Å²) < 4.78 is 38.5. The predicted octanol–water partition coefficient (Wildman–Crippen LogP) is 6.08. The summed E-state index contributed by atoms with van der Waals surface area (Å²) in [4.78, 5) is 12.4. The Labute approximate surface area is 146 Å². The summed E-state index contributed by atoms with van der Waals surface area (Å²) in [6.45, 7) is 6.27. The molecular formula is C18H25ClF3NO. The van der Waals surface area contributed by atoms with E-state index in [1.54, 1.807) is 0 Å². The molecule has 0 aliphatic heterocycles. The molecule has 0 aliphatic carbocycles. The fourth-order valence-corrected chi connectivity index (χ4v) is 2.67. The molecule has 1 amide bonds. The number of alkyl halides is 3. The number of hydrogen-bond donors (Lipinski definition) is 1. The number of rotatable bonds is 8. The van der Waals surface area contributed by atoms with Crippen molar-refractivity contribution in [3.63, 3.8) is 0 Å². The fourth-order valence-electron chi connectivity index (χ4n) is 2.47. The fraction of sp³-hybridized carbons (Fsp3) is 0.611. The first kappa shape index (κ1) is 20.8. The molecule has 0 spiro atoms. The highest BCUT2D eigenvalue weighted by Gasteiger charge is 2.31. The molecule has 2 nitrogen and oxygen atoms in total. The van der Waals surface area contributed by atoms with Crippen LogP contribution < -0.4 is 5.32 Å². The third-order valence-corrected chi connectivity index (χ3v) is 4.55. The maximum Gasteiger partial charge on any atom is 0.416 e. The minimum absolute atomic E-state index is 0.0256. The summed E-state index contributed by atoms with van der Waals surface area (Å²) in [6, 6.07) is 2.76. The average Bonchev–Trinajstić information content (AvgIpc) is 2.51. The van der Waals surface area contributed by atoms with E-state index in [-0.39, 0.29) is 16.6 Å². The van der Waals surface area contributed by atoms with Crippen LogP contribution in [0.4, 0.5) is 13.2 Å². The Morgan fingerprint density at radius 1 is 1.21 bits per heavy atom. The number of nitrogens with one attached hydrogen (secondary N) is 1. The molecule has 0 aromatic heterocycles. The van der Waals surface area contributed by atoms with Crippen LogP contribution in [-0.4, -0.2) is 11.9 Å². The molecule has 0 aliphatic rings. The summed E-state index contributed by atoms with van der Waals surface area (Å²) in [6.07, 6.45) is 0.0225. The van der Waals surface area contributed by atoms with E-state index in [1.165, 1.54) is 0 Å². The van der Waals surface area contributed by atoms with E-state index in [2.05, 4.69) is 19.2 Å². The zero-order valence-electron chi connectivity index (χ0n) is 14.3. The minimum Gasteiger partial charge on any atom is -0.349 e. The van der Waals surface area contributed by atoms with Gasteiger partial charge in [0.2, 0.25) is 0 Å². The first-order chi connectivity index (χ1) is 11.2. The van der Waals surface area contributed by atoms with Gasteiger partial charge in [0.1, 0.15) is 0 Å². The van der Waals surface area contributed by atoms with Gasteiger partial charge in [0.05, 0.1) is 16.1 Å². The van der Waals surface area contributed by atoms with E-state index in [0.29, 0.717) is 5.92 Å². The molecule has 0 bridgehead atoms. The molecule has 24 heavy (non-hydrogen) atoms. The van der Waals surface area contributed by atoms with E-state index < -0.39 is 17.6 Å². The quantitative estimate of drug-likeness (QED) is 0.595. The number of hydrogen-bond acceptors (Lipinski definition) is 1. The molecule has 0 radical (unpaired) electrons. The van der Waals surface area contributed by atoms with E-state index >= 15 is 0 Å². The van der Waals surface area contributed by atoms with Crippen molar-refractivity contribution in [2.45, 2.75) is 65.1 Å². The van der Waals surface area contributed by atoms with Crippen LogP contribution in [0, 0.1) is 5.92 Å². The number of carbonyl (C=O) groups excluding carboxylic acids is 1. The van der Waals surface area contributed by atoms with Gasteiger partial charge in [0.25, 0.3) is 5.91 Å². The van der Waals surface area contributed by atoms with Crippen molar-refractivity contribution in [3.05, 3.63) is 34.3 Å². The molecule has 0 heterocycles. The summed E-state index contributed by atoms with van der Waals surface area (Å²) in [5.41, 5.74) is -1.00. The van der Waals surface area contributed by atoms with Gasteiger partial charge in [-0.25, -0.2) is 0 Å². The second kappa shape index (κ2) is 9.30. The average molecular weight is 364 g/mol. The van der Waals surface area contributed by atoms with Gasteiger partial charge >= 0.3 is 6.18 Å². The van der Waals surface area contributed by atoms with Crippen LogP contribution >= 0.6 is 11.6 Å². The molecule has 1 unspecified atom stereocenters. The standard InChI is InChI=1S/C18H25ClF3NO/c1-4-6-14(9-7-12(3)5-2)23-17(24)15-11-13(18(20,21)22)8-10-16(15)19/h8,10-12,14H,4-7,9H2,1-3H3,(H,23,24)/t12?,14-/m1/s1. The topological polar surface area (TPSA) is 29.1 Å². The summed E-state index contributed by atoms with van der Waals surface area (Å²) in [5, 5.41) is 2.87. The first-order valence-electron chi connectivity index (χ1n) is 8.36. The zero-order valence-corrected chi connectivity index (χ0v) is 15.1. The predicted molar refractivity (Wildman–Crippen MR) is 91.3 cm³/mol. The lowest BCUT2D eigenvalue weighted by Gasteiger charge is -2.20. The maximum atomic E-state index is 12.8. The molecule has 0 saturated carbocycles. The van der Waals surface area contributed by atoms with Crippen LogP contribution in [0.15, 0.2) is 18.2 Å². The smallest absolute Gasteiger partial charge is 0.349 e. The molecule has 1 rings (SSSR count). The second-order valence-electron chi connectivity index (χ2n) is 6.24. The molecule has 6 heteroatoms. The number of halogens is 4. The first-order valence-corrected chi connectivity index (χ1v) is 8.74. The highest BCUT2D eigenvalue weighted by molar-refractivity contribution is 6.33. The van der Waals surface area contributed by atoms with Gasteiger partial charge in [-0.3, -0.25) is 4.79 Å². The Balaban J connectivity index is 2.87. The normalized spacial score (nSPS) is 14.3. The Morgan fingerprint density at radius 2 is 1.88 bits per heavy atom.